The molecule has 0 saturated carbocycles. The van der Waals surface area contributed by atoms with Crippen LogP contribution in [0.2, 0.25) is 0 Å². The van der Waals surface area contributed by atoms with E-state index in [-0.39, 0.29) is 5.25 Å². The number of nitriles is 1. The maximum atomic E-state index is 8.89. The summed E-state index contributed by atoms with van der Waals surface area (Å²) in [6, 6.07) is 18.9. The normalized spacial score (nSPS) is 11.7. The minimum absolute atomic E-state index is 0.0238. The number of rotatable bonds is 10. The van der Waals surface area contributed by atoms with Crippen molar-refractivity contribution in [3.8, 4) is 22.9 Å². The van der Waals surface area contributed by atoms with E-state index in [1.807, 2.05) is 19.1 Å². The van der Waals surface area contributed by atoms with Crippen LogP contribution in [-0.2, 0) is 0 Å². The molecule has 0 N–H and O–H groups in total. The molecular formula is C22H27NOS. The molecule has 0 bridgehead atoms. The van der Waals surface area contributed by atoms with Crippen molar-refractivity contribution < 1.29 is 4.74 Å². The van der Waals surface area contributed by atoms with Gasteiger partial charge in [-0.1, -0.05) is 56.9 Å². The number of hydrogen-bond donors (Lipinski definition) is 0. The molecule has 2 aromatic carbocycles. The van der Waals surface area contributed by atoms with Gasteiger partial charge in [0.2, 0.25) is 0 Å². The van der Waals surface area contributed by atoms with Crippen molar-refractivity contribution in [2.75, 3.05) is 6.61 Å². The van der Waals surface area contributed by atoms with Crippen LogP contribution in [0.4, 0.5) is 0 Å². The molecular weight excluding hydrogens is 326 g/mol. The Labute approximate surface area is 156 Å². The van der Waals surface area contributed by atoms with Gasteiger partial charge in [-0.05, 0) is 48.7 Å². The molecule has 0 fully saturated rings. The molecule has 0 heterocycles. The van der Waals surface area contributed by atoms with E-state index >= 15 is 0 Å². The Morgan fingerprint density at radius 1 is 0.920 bits per heavy atom. The lowest BCUT2D eigenvalue weighted by Gasteiger charge is -2.08. The number of hydrogen-bond acceptors (Lipinski definition) is 3. The predicted molar refractivity (Wildman–Crippen MR) is 107 cm³/mol. The third kappa shape index (κ3) is 6.84. The van der Waals surface area contributed by atoms with Crippen molar-refractivity contribution >= 4 is 11.8 Å². The van der Waals surface area contributed by atoms with E-state index in [2.05, 4.69) is 49.4 Å². The van der Waals surface area contributed by atoms with Crippen LogP contribution in [0.15, 0.2) is 53.4 Å². The molecule has 0 aliphatic heterocycles. The summed E-state index contributed by atoms with van der Waals surface area (Å²) in [7, 11) is 0. The molecule has 0 aliphatic carbocycles. The molecule has 0 amide bonds. The fraction of sp³-hybridized carbons (Fsp3) is 0.409. The highest BCUT2D eigenvalue weighted by atomic mass is 32.2. The quantitative estimate of drug-likeness (QED) is 0.351. The Morgan fingerprint density at radius 2 is 1.52 bits per heavy atom. The second kappa shape index (κ2) is 10.8. The number of nitrogens with zero attached hydrogens (tertiary/aromatic N) is 1. The van der Waals surface area contributed by atoms with E-state index in [1.54, 1.807) is 11.8 Å². The Bertz CT molecular complexity index is 658. The van der Waals surface area contributed by atoms with Gasteiger partial charge >= 0.3 is 0 Å². The summed E-state index contributed by atoms with van der Waals surface area (Å²) >= 11 is 1.58. The van der Waals surface area contributed by atoms with E-state index in [4.69, 9.17) is 10.00 Å². The van der Waals surface area contributed by atoms with Gasteiger partial charge in [-0.25, -0.2) is 0 Å². The topological polar surface area (TPSA) is 33.0 Å². The molecule has 0 aliphatic rings. The van der Waals surface area contributed by atoms with Crippen LogP contribution in [0.3, 0.4) is 0 Å². The predicted octanol–water partition coefficient (Wildman–Crippen LogP) is 6.71. The number of thioether (sulfide) groups is 1. The number of ether oxygens (including phenoxy) is 1. The van der Waals surface area contributed by atoms with Gasteiger partial charge in [-0.3, -0.25) is 0 Å². The second-order valence-corrected chi connectivity index (χ2v) is 7.61. The molecule has 0 radical (unpaired) electrons. The SMILES string of the molecule is CCCCCCCOc1ccc(-c2ccc(S[C@H](C)C#N)cc2)cc1. The van der Waals surface area contributed by atoms with Crippen LogP contribution in [0.1, 0.15) is 46.0 Å². The molecule has 2 nitrogen and oxygen atoms in total. The van der Waals surface area contributed by atoms with Crippen LogP contribution >= 0.6 is 11.8 Å². The molecule has 1 atom stereocenters. The van der Waals surface area contributed by atoms with Crippen molar-refractivity contribution in [2.24, 2.45) is 0 Å². The standard InChI is InChI=1S/C22H27NOS/c1-3-4-5-6-7-16-24-21-12-8-19(9-13-21)20-10-14-22(15-11-20)25-18(2)17-23/h8-15,18H,3-7,16H2,1-2H3/t18-/m1/s1. The van der Waals surface area contributed by atoms with Gasteiger partial charge in [0.1, 0.15) is 5.75 Å². The zero-order chi connectivity index (χ0) is 17.9. The van der Waals surface area contributed by atoms with Crippen LogP contribution in [0.25, 0.3) is 11.1 Å². The van der Waals surface area contributed by atoms with Gasteiger partial charge in [-0.2, -0.15) is 5.26 Å². The molecule has 2 rings (SSSR count). The summed E-state index contributed by atoms with van der Waals surface area (Å²) in [6.07, 6.45) is 6.28. The van der Waals surface area contributed by atoms with Crippen LogP contribution < -0.4 is 4.74 Å². The first-order chi connectivity index (χ1) is 12.2. The highest BCUT2D eigenvalue weighted by Crippen LogP contribution is 2.27. The van der Waals surface area contributed by atoms with Crippen LogP contribution in [0, 0.1) is 11.3 Å². The summed E-state index contributed by atoms with van der Waals surface area (Å²) in [4.78, 5) is 1.13. The highest BCUT2D eigenvalue weighted by molar-refractivity contribution is 8.00. The fourth-order valence-electron chi connectivity index (χ4n) is 2.60. The van der Waals surface area contributed by atoms with E-state index in [0.29, 0.717) is 0 Å². The van der Waals surface area contributed by atoms with Crippen molar-refractivity contribution in [3.05, 3.63) is 48.5 Å². The molecule has 0 aromatic heterocycles. The fourth-order valence-corrected chi connectivity index (χ4v) is 3.35. The lowest BCUT2D eigenvalue weighted by molar-refractivity contribution is 0.304. The summed E-state index contributed by atoms with van der Waals surface area (Å²) < 4.78 is 5.82. The summed E-state index contributed by atoms with van der Waals surface area (Å²) in [5.41, 5.74) is 2.36. The van der Waals surface area contributed by atoms with Crippen molar-refractivity contribution in [1.29, 1.82) is 5.26 Å². The third-order valence-electron chi connectivity index (χ3n) is 4.05. The molecule has 132 valence electrons. The van der Waals surface area contributed by atoms with Gasteiger partial charge < -0.3 is 4.74 Å². The van der Waals surface area contributed by atoms with E-state index in [0.717, 1.165) is 23.7 Å². The largest absolute Gasteiger partial charge is 0.494 e. The smallest absolute Gasteiger partial charge is 0.119 e. The Morgan fingerprint density at radius 3 is 2.12 bits per heavy atom. The van der Waals surface area contributed by atoms with Gasteiger partial charge in [-0.15, -0.1) is 11.8 Å². The van der Waals surface area contributed by atoms with Crippen molar-refractivity contribution in [1.82, 2.24) is 0 Å². The Hall–Kier alpha value is -1.92. The van der Waals surface area contributed by atoms with E-state index in [1.165, 1.54) is 36.8 Å². The summed E-state index contributed by atoms with van der Waals surface area (Å²) in [5.74, 6) is 0.939. The summed E-state index contributed by atoms with van der Waals surface area (Å²) in [6.45, 7) is 4.95. The second-order valence-electron chi connectivity index (χ2n) is 6.20. The highest BCUT2D eigenvalue weighted by Gasteiger charge is 2.04. The maximum Gasteiger partial charge on any atom is 0.119 e. The molecule has 25 heavy (non-hydrogen) atoms. The number of benzene rings is 2. The molecule has 3 heteroatoms. The van der Waals surface area contributed by atoms with Crippen molar-refractivity contribution in [2.45, 2.75) is 56.1 Å². The van der Waals surface area contributed by atoms with Gasteiger partial charge in [0.25, 0.3) is 0 Å². The van der Waals surface area contributed by atoms with E-state index < -0.39 is 0 Å². The van der Waals surface area contributed by atoms with Gasteiger partial charge in [0.15, 0.2) is 0 Å². The molecule has 0 saturated heterocycles. The molecule has 2 aromatic rings. The minimum Gasteiger partial charge on any atom is -0.494 e. The average Bonchev–Trinajstić information content (AvgIpc) is 2.65. The Kier molecular flexibility index (Phi) is 8.42. The van der Waals surface area contributed by atoms with E-state index in [9.17, 15) is 0 Å². The monoisotopic (exact) mass is 353 g/mol. The first-order valence-corrected chi connectivity index (χ1v) is 10.0. The van der Waals surface area contributed by atoms with Gasteiger partial charge in [0.05, 0.1) is 17.9 Å². The average molecular weight is 354 g/mol. The first kappa shape index (κ1) is 19.4. The lowest BCUT2D eigenvalue weighted by Crippen LogP contribution is -1.97. The van der Waals surface area contributed by atoms with Crippen molar-refractivity contribution in [3.63, 3.8) is 0 Å². The van der Waals surface area contributed by atoms with Crippen LogP contribution in [0.5, 0.6) is 5.75 Å². The summed E-state index contributed by atoms with van der Waals surface area (Å²) in [5, 5.41) is 8.86. The zero-order valence-electron chi connectivity index (χ0n) is 15.2. The first-order valence-electron chi connectivity index (χ1n) is 9.12. The maximum absolute atomic E-state index is 8.89. The zero-order valence-corrected chi connectivity index (χ0v) is 16.0. The number of unbranched alkanes of at least 4 members (excludes halogenated alkanes) is 4. The Balaban J connectivity index is 1.84. The minimum atomic E-state index is -0.0238. The van der Waals surface area contributed by atoms with Gasteiger partial charge in [0, 0.05) is 4.90 Å². The molecule has 0 unspecified atom stereocenters. The third-order valence-corrected chi connectivity index (χ3v) is 5.06. The molecule has 0 spiro atoms. The van der Waals surface area contributed by atoms with Crippen LogP contribution in [-0.4, -0.2) is 11.9 Å². The lowest BCUT2D eigenvalue weighted by atomic mass is 10.1.